The van der Waals surface area contributed by atoms with Gasteiger partial charge in [-0.25, -0.2) is 9.29 Å². The number of carbonyl (C=O) groups excluding carboxylic acids is 4. The number of benzene rings is 2. The first-order valence-corrected chi connectivity index (χ1v) is 16.5. The van der Waals surface area contributed by atoms with Gasteiger partial charge in [-0.2, -0.15) is 0 Å². The Labute approximate surface area is 279 Å². The Hall–Kier alpha value is -3.25. The standard InChI is InChI=1S/C32H24BrCl2FN2O6S/c1-44-23-12-15(11-22(33)26(23)39)25-19-8-9-20-24(28(41)37(27(20)40)14-18-3-2-10-45-18)21(19)13-31(34)29(42)38(30(43)32(25,31)35)17-6-4-16(36)5-7-17/h2-8,10-12,20-21,24-25,39H,9,13-14H2,1H3. The van der Waals surface area contributed by atoms with Crippen molar-refractivity contribution < 1.29 is 33.4 Å². The summed E-state index contributed by atoms with van der Waals surface area (Å²) in [6.45, 7) is 0.136. The molecule has 3 heterocycles. The first kappa shape index (κ1) is 30.4. The van der Waals surface area contributed by atoms with E-state index >= 15 is 0 Å². The van der Waals surface area contributed by atoms with Gasteiger partial charge in [0.25, 0.3) is 11.8 Å². The van der Waals surface area contributed by atoms with Crippen LogP contribution in [-0.4, -0.2) is 50.5 Å². The van der Waals surface area contributed by atoms with E-state index in [0.717, 1.165) is 21.9 Å². The maximum absolute atomic E-state index is 14.4. The average molecular weight is 734 g/mol. The number of hydrogen-bond donors (Lipinski definition) is 1. The molecule has 2 aliphatic carbocycles. The Bertz CT molecular complexity index is 1820. The van der Waals surface area contributed by atoms with Gasteiger partial charge in [-0.05, 0) is 88.1 Å². The summed E-state index contributed by atoms with van der Waals surface area (Å²) in [4.78, 5) is 55.3. The van der Waals surface area contributed by atoms with Crippen LogP contribution in [0.15, 0.2) is 70.0 Å². The largest absolute Gasteiger partial charge is 0.503 e. The van der Waals surface area contributed by atoms with Gasteiger partial charge in [-0.1, -0.05) is 17.7 Å². The Morgan fingerprint density at radius 2 is 1.80 bits per heavy atom. The summed E-state index contributed by atoms with van der Waals surface area (Å²) in [5, 5.41) is 12.5. The Morgan fingerprint density at radius 3 is 2.47 bits per heavy atom. The predicted octanol–water partition coefficient (Wildman–Crippen LogP) is 6.13. The maximum Gasteiger partial charge on any atom is 0.258 e. The molecule has 45 heavy (non-hydrogen) atoms. The number of phenolic OH excluding ortho intramolecular Hbond substituents is 1. The first-order chi connectivity index (χ1) is 21.4. The van der Waals surface area contributed by atoms with Crippen molar-refractivity contribution in [3.05, 3.63) is 86.3 Å². The Kier molecular flexibility index (Phi) is 7.20. The van der Waals surface area contributed by atoms with E-state index < -0.39 is 51.1 Å². The molecule has 232 valence electrons. The van der Waals surface area contributed by atoms with Crippen LogP contribution in [0, 0.1) is 23.6 Å². The zero-order valence-corrected chi connectivity index (χ0v) is 27.4. The number of anilines is 1. The fraction of sp³-hybridized carbons (Fsp3) is 0.312. The summed E-state index contributed by atoms with van der Waals surface area (Å²) in [5.74, 6) is -6.24. The molecule has 1 saturated carbocycles. The van der Waals surface area contributed by atoms with Crippen LogP contribution in [0.2, 0.25) is 0 Å². The number of allylic oxidation sites excluding steroid dienone is 2. The van der Waals surface area contributed by atoms with Crippen molar-refractivity contribution in [1.82, 2.24) is 4.90 Å². The van der Waals surface area contributed by atoms with Gasteiger partial charge in [0.15, 0.2) is 21.2 Å². The van der Waals surface area contributed by atoms with Crippen molar-refractivity contribution in [2.24, 2.45) is 17.8 Å². The van der Waals surface area contributed by atoms with Crippen LogP contribution < -0.4 is 9.64 Å². The van der Waals surface area contributed by atoms with Crippen LogP contribution in [0.4, 0.5) is 10.1 Å². The molecule has 13 heteroatoms. The maximum atomic E-state index is 14.4. The molecule has 2 aliphatic heterocycles. The molecule has 3 aromatic rings. The molecule has 0 bridgehead atoms. The van der Waals surface area contributed by atoms with Crippen LogP contribution in [0.5, 0.6) is 11.5 Å². The minimum absolute atomic E-state index is 0.0811. The monoisotopic (exact) mass is 732 g/mol. The van der Waals surface area contributed by atoms with Crippen LogP contribution in [-0.2, 0) is 25.7 Å². The number of methoxy groups -OCH3 is 1. The van der Waals surface area contributed by atoms with E-state index in [9.17, 15) is 28.7 Å². The molecule has 3 fully saturated rings. The molecule has 1 aromatic heterocycles. The number of carbonyl (C=O) groups is 4. The number of imide groups is 2. The number of aromatic hydroxyl groups is 1. The van der Waals surface area contributed by atoms with E-state index in [1.165, 1.54) is 41.5 Å². The number of amides is 4. The molecule has 2 aromatic carbocycles. The lowest BCUT2D eigenvalue weighted by molar-refractivity contribution is -0.141. The molecule has 4 amide bonds. The second-order valence-corrected chi connectivity index (χ2v) is 14.8. The molecular formula is C32H24BrCl2FN2O6S. The van der Waals surface area contributed by atoms with Crippen molar-refractivity contribution in [3.63, 3.8) is 0 Å². The van der Waals surface area contributed by atoms with E-state index in [1.807, 2.05) is 23.6 Å². The smallest absolute Gasteiger partial charge is 0.258 e. The average Bonchev–Trinajstić information content (AvgIpc) is 3.66. The van der Waals surface area contributed by atoms with Gasteiger partial charge in [0, 0.05) is 10.8 Å². The molecule has 8 nitrogen and oxygen atoms in total. The lowest BCUT2D eigenvalue weighted by Crippen LogP contribution is -2.60. The van der Waals surface area contributed by atoms with E-state index in [2.05, 4.69) is 15.9 Å². The molecule has 1 N–H and O–H groups in total. The number of rotatable bonds is 5. The van der Waals surface area contributed by atoms with Crippen molar-refractivity contribution in [1.29, 1.82) is 0 Å². The number of alkyl halides is 2. The number of nitrogens with zero attached hydrogens (tertiary/aromatic N) is 2. The van der Waals surface area contributed by atoms with Crippen molar-refractivity contribution in [3.8, 4) is 11.5 Å². The third-order valence-corrected chi connectivity index (χ3v) is 12.4. The summed E-state index contributed by atoms with van der Waals surface area (Å²) in [6, 6.07) is 11.6. The summed E-state index contributed by atoms with van der Waals surface area (Å²) < 4.78 is 19.5. The van der Waals surface area contributed by atoms with Gasteiger partial charge in [0.05, 0.1) is 35.7 Å². The van der Waals surface area contributed by atoms with E-state index in [-0.39, 0.29) is 52.9 Å². The number of hydrogen-bond acceptors (Lipinski definition) is 7. The number of fused-ring (bicyclic) bond motifs is 4. The van der Waals surface area contributed by atoms with Gasteiger partial charge >= 0.3 is 0 Å². The second-order valence-electron chi connectivity index (χ2n) is 11.6. The SMILES string of the molecule is COc1cc(C2C3=CCC4C(=O)N(Cc5cccs5)C(=O)C4C3CC3(Cl)C(=O)N(c4ccc(F)cc4)C(=O)C23Cl)cc(Br)c1O. The van der Waals surface area contributed by atoms with E-state index in [0.29, 0.717) is 11.1 Å². The molecular weight excluding hydrogens is 710 g/mol. The molecule has 0 spiro atoms. The molecule has 4 aliphatic rings. The normalized spacial score (nSPS) is 30.7. The van der Waals surface area contributed by atoms with Gasteiger partial charge in [-0.15, -0.1) is 34.5 Å². The summed E-state index contributed by atoms with van der Waals surface area (Å²) >= 11 is 19.5. The fourth-order valence-corrected chi connectivity index (χ4v) is 9.56. The highest BCUT2D eigenvalue weighted by Gasteiger charge is 2.76. The second kappa shape index (κ2) is 10.7. The zero-order chi connectivity index (χ0) is 32.0. The highest BCUT2D eigenvalue weighted by molar-refractivity contribution is 9.10. The number of likely N-dealkylation sites (tertiary alicyclic amines) is 1. The lowest BCUT2D eigenvalue weighted by atomic mass is 9.56. The minimum atomic E-state index is -2.10. The van der Waals surface area contributed by atoms with Crippen LogP contribution in [0.1, 0.15) is 29.2 Å². The van der Waals surface area contributed by atoms with E-state index in [1.54, 1.807) is 6.07 Å². The number of ether oxygens (including phenoxy) is 1. The van der Waals surface area contributed by atoms with Crippen molar-refractivity contribution in [2.45, 2.75) is 35.1 Å². The summed E-state index contributed by atoms with van der Waals surface area (Å²) in [7, 11) is 1.37. The number of halogens is 4. The zero-order valence-electron chi connectivity index (χ0n) is 23.5. The van der Waals surface area contributed by atoms with Crippen LogP contribution in [0.25, 0.3) is 0 Å². The Morgan fingerprint density at radius 1 is 1.07 bits per heavy atom. The Balaban J connectivity index is 1.40. The van der Waals surface area contributed by atoms with Gasteiger partial charge in [-0.3, -0.25) is 24.1 Å². The van der Waals surface area contributed by atoms with Crippen molar-refractivity contribution >= 4 is 79.8 Å². The highest BCUT2D eigenvalue weighted by Crippen LogP contribution is 2.66. The minimum Gasteiger partial charge on any atom is -0.503 e. The summed E-state index contributed by atoms with van der Waals surface area (Å²) in [6.07, 6.45) is 1.87. The molecule has 6 unspecified atom stereocenters. The van der Waals surface area contributed by atoms with Gasteiger partial charge in [0.1, 0.15) is 5.82 Å². The quantitative estimate of drug-likeness (QED) is 0.192. The number of thiophene rings is 1. The molecule has 2 saturated heterocycles. The fourth-order valence-electron chi connectivity index (χ4n) is 7.47. The summed E-state index contributed by atoms with van der Waals surface area (Å²) in [5.41, 5.74) is 1.09. The van der Waals surface area contributed by atoms with Crippen molar-refractivity contribution in [2.75, 3.05) is 12.0 Å². The first-order valence-electron chi connectivity index (χ1n) is 14.1. The molecule has 7 rings (SSSR count). The van der Waals surface area contributed by atoms with Gasteiger partial charge in [0.2, 0.25) is 11.8 Å². The van der Waals surface area contributed by atoms with Crippen LogP contribution in [0.3, 0.4) is 0 Å². The topological polar surface area (TPSA) is 104 Å². The van der Waals surface area contributed by atoms with E-state index in [4.69, 9.17) is 27.9 Å². The molecule has 0 radical (unpaired) electrons. The van der Waals surface area contributed by atoms with Crippen LogP contribution >= 0.6 is 50.5 Å². The molecule has 6 atom stereocenters. The van der Waals surface area contributed by atoms with Gasteiger partial charge < -0.3 is 9.84 Å². The number of phenols is 1. The highest BCUT2D eigenvalue weighted by atomic mass is 79.9. The third kappa shape index (κ3) is 4.20. The lowest BCUT2D eigenvalue weighted by Gasteiger charge is -2.50. The predicted molar refractivity (Wildman–Crippen MR) is 169 cm³/mol. The third-order valence-electron chi connectivity index (χ3n) is 9.49.